The van der Waals surface area contributed by atoms with Crippen molar-refractivity contribution in [3.63, 3.8) is 0 Å². The first-order valence-electron chi connectivity index (χ1n) is 5.39. The number of thiophene rings is 1. The average molecular weight is 310 g/mol. The number of hydrogen-bond donors (Lipinski definition) is 2. The van der Waals surface area contributed by atoms with Gasteiger partial charge in [-0.3, -0.25) is 4.79 Å². The summed E-state index contributed by atoms with van der Waals surface area (Å²) < 4.78 is 27.0. The van der Waals surface area contributed by atoms with Crippen LogP contribution in [-0.2, 0) is 14.8 Å². The van der Waals surface area contributed by atoms with Crippen LogP contribution in [0.25, 0.3) is 0 Å². The molecule has 0 aromatic carbocycles. The molecule has 100 valence electrons. The molecule has 0 aliphatic heterocycles. The quantitative estimate of drug-likeness (QED) is 0.890. The van der Waals surface area contributed by atoms with Crippen LogP contribution in [0, 0.1) is 5.92 Å². The van der Waals surface area contributed by atoms with Gasteiger partial charge in [-0.05, 0) is 31.4 Å². The lowest BCUT2D eigenvalue weighted by Crippen LogP contribution is -2.32. The minimum Gasteiger partial charge on any atom is -0.481 e. The zero-order valence-corrected chi connectivity index (χ0v) is 11.7. The molecular formula is C10H12ClNO4S2. The van der Waals surface area contributed by atoms with E-state index in [1.165, 1.54) is 12.1 Å². The molecule has 2 atom stereocenters. The third-order valence-corrected chi connectivity index (χ3v) is 6.16. The zero-order chi connectivity index (χ0) is 13.3. The molecule has 1 aromatic heterocycles. The molecule has 8 heteroatoms. The highest BCUT2D eigenvalue weighted by Crippen LogP contribution is 2.29. The van der Waals surface area contributed by atoms with E-state index >= 15 is 0 Å². The summed E-state index contributed by atoms with van der Waals surface area (Å²) in [5, 5.41) is 8.86. The number of carboxylic acid groups (broad SMARTS) is 1. The maximum absolute atomic E-state index is 12.0. The standard InChI is InChI=1S/C10H12ClNO4S2/c11-8-3-4-9(17-8)18(15,16)12-7-2-1-6(5-7)10(13)14/h3-4,6-7,12H,1-2,5H2,(H,13,14)/t6-,7+/m1/s1. The molecule has 2 rings (SSSR count). The van der Waals surface area contributed by atoms with Crippen LogP contribution in [0.1, 0.15) is 19.3 Å². The van der Waals surface area contributed by atoms with Gasteiger partial charge in [0.1, 0.15) is 4.21 Å². The Morgan fingerprint density at radius 3 is 2.67 bits per heavy atom. The third-order valence-electron chi connectivity index (χ3n) is 2.92. The minimum absolute atomic E-state index is 0.159. The van der Waals surface area contributed by atoms with Crippen LogP contribution in [0.5, 0.6) is 0 Å². The van der Waals surface area contributed by atoms with Gasteiger partial charge < -0.3 is 5.11 Å². The van der Waals surface area contributed by atoms with Gasteiger partial charge in [-0.2, -0.15) is 0 Å². The summed E-state index contributed by atoms with van der Waals surface area (Å²) in [6, 6.07) is 2.66. The smallest absolute Gasteiger partial charge is 0.306 e. The highest BCUT2D eigenvalue weighted by molar-refractivity contribution is 7.91. The van der Waals surface area contributed by atoms with Gasteiger partial charge >= 0.3 is 5.97 Å². The van der Waals surface area contributed by atoms with E-state index in [1.54, 1.807) is 0 Å². The number of hydrogen-bond acceptors (Lipinski definition) is 4. The molecule has 0 unspecified atom stereocenters. The largest absolute Gasteiger partial charge is 0.481 e. The number of carboxylic acids is 1. The summed E-state index contributed by atoms with van der Waals surface area (Å²) in [6.07, 6.45) is 1.40. The molecule has 1 heterocycles. The number of sulfonamides is 1. The summed E-state index contributed by atoms with van der Waals surface area (Å²) in [5.41, 5.74) is 0. The molecule has 0 saturated heterocycles. The third kappa shape index (κ3) is 3.03. The molecule has 1 aromatic rings. The van der Waals surface area contributed by atoms with Gasteiger partial charge in [-0.15, -0.1) is 11.3 Å². The summed E-state index contributed by atoms with van der Waals surface area (Å²) >= 11 is 6.68. The highest BCUT2D eigenvalue weighted by atomic mass is 35.5. The van der Waals surface area contributed by atoms with E-state index in [-0.39, 0.29) is 10.3 Å². The lowest BCUT2D eigenvalue weighted by molar-refractivity contribution is -0.141. The van der Waals surface area contributed by atoms with Crippen molar-refractivity contribution in [2.45, 2.75) is 29.5 Å². The second kappa shape index (κ2) is 5.16. The highest BCUT2D eigenvalue weighted by Gasteiger charge is 2.32. The van der Waals surface area contributed by atoms with Gasteiger partial charge in [0.2, 0.25) is 10.0 Å². The fourth-order valence-corrected chi connectivity index (χ4v) is 4.82. The molecule has 1 aliphatic rings. The zero-order valence-electron chi connectivity index (χ0n) is 9.30. The Labute approximate surface area is 114 Å². The topological polar surface area (TPSA) is 83.5 Å². The van der Waals surface area contributed by atoms with E-state index in [2.05, 4.69) is 4.72 Å². The SMILES string of the molecule is O=C(O)[C@@H]1CC[C@H](NS(=O)(=O)c2ccc(Cl)s2)C1. The van der Waals surface area contributed by atoms with E-state index < -0.39 is 21.9 Å². The van der Waals surface area contributed by atoms with Crippen molar-refractivity contribution in [1.29, 1.82) is 0 Å². The van der Waals surface area contributed by atoms with Crippen LogP contribution < -0.4 is 4.72 Å². The first-order chi connectivity index (χ1) is 8.38. The summed E-state index contributed by atoms with van der Waals surface area (Å²) in [4.78, 5) is 10.8. The molecule has 2 N–H and O–H groups in total. The number of halogens is 1. The molecule has 18 heavy (non-hydrogen) atoms. The number of carbonyl (C=O) groups is 1. The Morgan fingerprint density at radius 2 is 2.17 bits per heavy atom. The van der Waals surface area contributed by atoms with Crippen molar-refractivity contribution in [1.82, 2.24) is 4.72 Å². The lowest BCUT2D eigenvalue weighted by Gasteiger charge is -2.11. The normalized spacial score (nSPS) is 24.3. The predicted molar refractivity (Wildman–Crippen MR) is 68.4 cm³/mol. The first-order valence-corrected chi connectivity index (χ1v) is 8.07. The molecule has 1 fully saturated rings. The van der Waals surface area contributed by atoms with Gasteiger partial charge in [0, 0.05) is 6.04 Å². The molecule has 0 spiro atoms. The molecule has 1 saturated carbocycles. The molecule has 1 aliphatic carbocycles. The van der Waals surface area contributed by atoms with Crippen molar-refractivity contribution < 1.29 is 18.3 Å². The van der Waals surface area contributed by atoms with Gasteiger partial charge in [-0.1, -0.05) is 11.6 Å². The van der Waals surface area contributed by atoms with Gasteiger partial charge in [0.25, 0.3) is 0 Å². The lowest BCUT2D eigenvalue weighted by atomic mass is 10.1. The monoisotopic (exact) mass is 309 g/mol. The first kappa shape index (κ1) is 13.8. The Kier molecular flexibility index (Phi) is 3.96. The van der Waals surface area contributed by atoms with Crippen molar-refractivity contribution in [2.75, 3.05) is 0 Å². The molecule has 0 amide bonds. The van der Waals surface area contributed by atoms with Crippen LogP contribution in [0.2, 0.25) is 4.34 Å². The number of aliphatic carboxylic acids is 1. The Hall–Kier alpha value is -0.630. The molecule has 0 bridgehead atoms. The average Bonchev–Trinajstić information content (AvgIpc) is 2.86. The second-order valence-corrected chi connectivity index (χ2v) is 7.88. The van der Waals surface area contributed by atoms with E-state index in [4.69, 9.17) is 16.7 Å². The summed E-state index contributed by atoms with van der Waals surface area (Å²) in [6.45, 7) is 0. The van der Waals surface area contributed by atoms with E-state index in [0.717, 1.165) is 11.3 Å². The van der Waals surface area contributed by atoms with Gasteiger partial charge in [-0.25, -0.2) is 13.1 Å². The van der Waals surface area contributed by atoms with Crippen LogP contribution in [0.3, 0.4) is 0 Å². The van der Waals surface area contributed by atoms with Crippen LogP contribution in [0.15, 0.2) is 16.3 Å². The minimum atomic E-state index is -3.58. The fraction of sp³-hybridized carbons (Fsp3) is 0.500. The van der Waals surface area contributed by atoms with Crippen molar-refractivity contribution in [3.8, 4) is 0 Å². The molecule has 5 nitrogen and oxygen atoms in total. The van der Waals surface area contributed by atoms with Crippen molar-refractivity contribution in [3.05, 3.63) is 16.5 Å². The summed E-state index contributed by atoms with van der Waals surface area (Å²) in [5.74, 6) is -1.32. The molecular weight excluding hydrogens is 298 g/mol. The van der Waals surface area contributed by atoms with E-state index in [9.17, 15) is 13.2 Å². The predicted octanol–water partition coefficient (Wildman–Crippen LogP) is 1.93. The fourth-order valence-electron chi connectivity index (χ4n) is 2.03. The van der Waals surface area contributed by atoms with Gasteiger partial charge in [0.05, 0.1) is 10.3 Å². The number of rotatable bonds is 4. The Bertz CT molecular complexity index is 554. The van der Waals surface area contributed by atoms with Crippen LogP contribution in [-0.4, -0.2) is 25.5 Å². The maximum Gasteiger partial charge on any atom is 0.306 e. The van der Waals surface area contributed by atoms with Crippen LogP contribution >= 0.6 is 22.9 Å². The van der Waals surface area contributed by atoms with E-state index in [0.29, 0.717) is 23.6 Å². The second-order valence-electron chi connectivity index (χ2n) is 4.22. The summed E-state index contributed by atoms with van der Waals surface area (Å²) in [7, 11) is -3.58. The van der Waals surface area contributed by atoms with Gasteiger partial charge in [0.15, 0.2) is 0 Å². The Morgan fingerprint density at radius 1 is 1.44 bits per heavy atom. The van der Waals surface area contributed by atoms with Crippen LogP contribution in [0.4, 0.5) is 0 Å². The van der Waals surface area contributed by atoms with Crippen molar-refractivity contribution >= 4 is 38.9 Å². The van der Waals surface area contributed by atoms with Crippen molar-refractivity contribution in [2.24, 2.45) is 5.92 Å². The Balaban J connectivity index is 2.04. The van der Waals surface area contributed by atoms with E-state index in [1.807, 2.05) is 0 Å². The maximum atomic E-state index is 12.0. The molecule has 0 radical (unpaired) electrons. The number of nitrogens with one attached hydrogen (secondary N) is 1.